The molecule has 6 heteroatoms. The quantitative estimate of drug-likeness (QED) is 0.715. The molecule has 1 aromatic rings. The average Bonchev–Trinajstić information content (AvgIpc) is 2.45. The van der Waals surface area contributed by atoms with Gasteiger partial charge in [-0.05, 0) is 31.0 Å². The zero-order valence-electron chi connectivity index (χ0n) is 11.9. The van der Waals surface area contributed by atoms with Gasteiger partial charge in [0, 0.05) is 18.5 Å². The second-order valence-corrected chi connectivity index (χ2v) is 4.44. The van der Waals surface area contributed by atoms with Gasteiger partial charge in [0.2, 0.25) is 5.91 Å². The highest BCUT2D eigenvalue weighted by atomic mass is 16.5. The summed E-state index contributed by atoms with van der Waals surface area (Å²) in [6.07, 6.45) is 0.646. The lowest BCUT2D eigenvalue weighted by atomic mass is 10.1. The number of hydrogen-bond donors (Lipinski definition) is 2. The van der Waals surface area contributed by atoms with Gasteiger partial charge in [0.25, 0.3) is 0 Å². The van der Waals surface area contributed by atoms with Crippen LogP contribution in [0.3, 0.4) is 0 Å². The number of hydrogen-bond acceptors (Lipinski definition) is 4. The molecule has 6 nitrogen and oxygen atoms in total. The molecule has 0 fully saturated rings. The molecule has 0 bridgehead atoms. The number of ether oxygens (including phenoxy) is 1. The summed E-state index contributed by atoms with van der Waals surface area (Å²) < 4.78 is 4.74. The minimum atomic E-state index is -0.841. The molecule has 1 rings (SSSR count). The highest BCUT2D eigenvalue weighted by Gasteiger charge is 2.08. The molecule has 1 aromatic carbocycles. The molecule has 0 radical (unpaired) electrons. The number of esters is 1. The second kappa shape index (κ2) is 8.73. The summed E-state index contributed by atoms with van der Waals surface area (Å²) in [6, 6.07) is 6.95. The zero-order valence-corrected chi connectivity index (χ0v) is 11.9. The minimum Gasteiger partial charge on any atom is -0.481 e. The number of aryl methyl sites for hydroxylation is 1. The smallest absolute Gasteiger partial charge is 0.306 e. The first-order valence-electron chi connectivity index (χ1n) is 6.77. The van der Waals surface area contributed by atoms with Crippen LogP contribution >= 0.6 is 0 Å². The number of carbonyl (C=O) groups excluding carboxylic acids is 2. The highest BCUT2D eigenvalue weighted by molar-refractivity contribution is 5.92. The Labute approximate surface area is 123 Å². The molecule has 0 unspecified atom stereocenters. The van der Waals surface area contributed by atoms with E-state index in [4.69, 9.17) is 9.84 Å². The van der Waals surface area contributed by atoms with Gasteiger partial charge in [0.15, 0.2) is 0 Å². The topological polar surface area (TPSA) is 92.7 Å². The maximum atomic E-state index is 11.6. The molecule has 0 aliphatic carbocycles. The van der Waals surface area contributed by atoms with Crippen LogP contribution in [0.15, 0.2) is 24.3 Å². The number of rotatable bonds is 8. The Morgan fingerprint density at radius 2 is 1.76 bits per heavy atom. The first-order chi connectivity index (χ1) is 10.0. The Balaban J connectivity index is 2.39. The molecule has 0 atom stereocenters. The summed E-state index contributed by atoms with van der Waals surface area (Å²) in [5.74, 6) is -1.50. The third-order valence-corrected chi connectivity index (χ3v) is 2.73. The lowest BCUT2D eigenvalue weighted by Gasteiger charge is -2.06. The van der Waals surface area contributed by atoms with E-state index < -0.39 is 11.9 Å². The first kappa shape index (κ1) is 16.7. The van der Waals surface area contributed by atoms with E-state index in [0.717, 1.165) is 5.56 Å². The van der Waals surface area contributed by atoms with Gasteiger partial charge >= 0.3 is 11.9 Å². The van der Waals surface area contributed by atoms with Crippen LogP contribution < -0.4 is 5.32 Å². The lowest BCUT2D eigenvalue weighted by Crippen LogP contribution is -2.14. The summed E-state index contributed by atoms with van der Waals surface area (Å²) >= 11 is 0. The fourth-order valence-electron chi connectivity index (χ4n) is 1.68. The van der Waals surface area contributed by atoms with Crippen LogP contribution in [0, 0.1) is 0 Å². The molecular weight excluding hydrogens is 274 g/mol. The van der Waals surface area contributed by atoms with Crippen LogP contribution in [-0.2, 0) is 25.5 Å². The van der Waals surface area contributed by atoms with Crippen molar-refractivity contribution in [1.29, 1.82) is 0 Å². The van der Waals surface area contributed by atoms with E-state index in [-0.39, 0.29) is 25.2 Å². The predicted octanol–water partition coefficient (Wildman–Crippen LogP) is 1.99. The molecule has 21 heavy (non-hydrogen) atoms. The van der Waals surface area contributed by atoms with Crippen molar-refractivity contribution in [3.8, 4) is 0 Å². The molecule has 1 amide bonds. The Morgan fingerprint density at radius 1 is 1.10 bits per heavy atom. The number of carboxylic acids is 1. The zero-order chi connectivity index (χ0) is 15.7. The molecule has 0 saturated carbocycles. The largest absolute Gasteiger partial charge is 0.481 e. The summed E-state index contributed by atoms with van der Waals surface area (Å²) in [5, 5.41) is 11.3. The maximum Gasteiger partial charge on any atom is 0.306 e. The lowest BCUT2D eigenvalue weighted by molar-refractivity contribution is -0.144. The fourth-order valence-corrected chi connectivity index (χ4v) is 1.68. The number of aliphatic carboxylic acids is 1. The van der Waals surface area contributed by atoms with E-state index in [1.807, 2.05) is 0 Å². The van der Waals surface area contributed by atoms with Crippen molar-refractivity contribution in [2.75, 3.05) is 11.9 Å². The van der Waals surface area contributed by atoms with Crippen molar-refractivity contribution in [2.45, 2.75) is 32.6 Å². The van der Waals surface area contributed by atoms with E-state index in [1.165, 1.54) is 0 Å². The van der Waals surface area contributed by atoms with Crippen LogP contribution in [0.25, 0.3) is 0 Å². The maximum absolute atomic E-state index is 11.6. The van der Waals surface area contributed by atoms with Crippen molar-refractivity contribution in [1.82, 2.24) is 0 Å². The van der Waals surface area contributed by atoms with Crippen LogP contribution in [-0.4, -0.2) is 29.6 Å². The molecule has 0 spiro atoms. The number of carbonyl (C=O) groups is 3. The standard InChI is InChI=1S/C15H19NO5/c1-2-21-15(20)10-8-13(17)16-12-6-3-11(4-7-12)5-9-14(18)19/h3-4,6-7H,2,5,8-10H2,1H3,(H,16,17)(H,18,19). The first-order valence-corrected chi connectivity index (χ1v) is 6.77. The van der Waals surface area contributed by atoms with Gasteiger partial charge in [-0.15, -0.1) is 0 Å². The van der Waals surface area contributed by atoms with Crippen LogP contribution in [0.5, 0.6) is 0 Å². The number of nitrogens with one attached hydrogen (secondary N) is 1. The number of anilines is 1. The van der Waals surface area contributed by atoms with Crippen LogP contribution in [0.2, 0.25) is 0 Å². The highest BCUT2D eigenvalue weighted by Crippen LogP contribution is 2.11. The van der Waals surface area contributed by atoms with Gasteiger partial charge in [-0.2, -0.15) is 0 Å². The van der Waals surface area contributed by atoms with Gasteiger partial charge < -0.3 is 15.2 Å². The molecule has 114 valence electrons. The Morgan fingerprint density at radius 3 is 2.33 bits per heavy atom. The van der Waals surface area contributed by atoms with Gasteiger partial charge in [-0.3, -0.25) is 14.4 Å². The van der Waals surface area contributed by atoms with Crippen molar-refractivity contribution < 1.29 is 24.2 Å². The van der Waals surface area contributed by atoms with Gasteiger partial charge in [0.1, 0.15) is 0 Å². The molecule has 0 saturated heterocycles. The van der Waals surface area contributed by atoms with E-state index in [1.54, 1.807) is 31.2 Å². The molecular formula is C15H19NO5. The molecule has 0 aromatic heterocycles. The predicted molar refractivity (Wildman–Crippen MR) is 76.9 cm³/mol. The summed E-state index contributed by atoms with van der Waals surface area (Å²) in [5.41, 5.74) is 1.50. The average molecular weight is 293 g/mol. The van der Waals surface area contributed by atoms with E-state index in [0.29, 0.717) is 18.7 Å². The van der Waals surface area contributed by atoms with Gasteiger partial charge in [-0.1, -0.05) is 12.1 Å². The van der Waals surface area contributed by atoms with Crippen molar-refractivity contribution >= 4 is 23.5 Å². The number of benzene rings is 1. The van der Waals surface area contributed by atoms with Gasteiger partial charge in [-0.25, -0.2) is 0 Å². The summed E-state index contributed by atoms with van der Waals surface area (Å²) in [7, 11) is 0. The second-order valence-electron chi connectivity index (χ2n) is 4.44. The van der Waals surface area contributed by atoms with Crippen molar-refractivity contribution in [2.24, 2.45) is 0 Å². The summed E-state index contributed by atoms with van der Waals surface area (Å²) in [6.45, 7) is 2.02. The SMILES string of the molecule is CCOC(=O)CCC(=O)Nc1ccc(CCC(=O)O)cc1. The third kappa shape index (κ3) is 7.10. The van der Waals surface area contributed by atoms with Crippen LogP contribution in [0.4, 0.5) is 5.69 Å². The van der Waals surface area contributed by atoms with Crippen molar-refractivity contribution in [3.63, 3.8) is 0 Å². The minimum absolute atomic E-state index is 0.0520. The summed E-state index contributed by atoms with van der Waals surface area (Å²) in [4.78, 5) is 33.2. The monoisotopic (exact) mass is 293 g/mol. The third-order valence-electron chi connectivity index (χ3n) is 2.73. The van der Waals surface area contributed by atoms with E-state index >= 15 is 0 Å². The van der Waals surface area contributed by atoms with E-state index in [9.17, 15) is 14.4 Å². The Bertz CT molecular complexity index is 495. The number of carboxylic acid groups (broad SMARTS) is 1. The fraction of sp³-hybridized carbons (Fsp3) is 0.400. The van der Waals surface area contributed by atoms with Crippen LogP contribution in [0.1, 0.15) is 31.7 Å². The van der Waals surface area contributed by atoms with E-state index in [2.05, 4.69) is 5.32 Å². The van der Waals surface area contributed by atoms with Gasteiger partial charge in [0.05, 0.1) is 13.0 Å². The number of amides is 1. The van der Waals surface area contributed by atoms with Crippen molar-refractivity contribution in [3.05, 3.63) is 29.8 Å². The molecule has 0 aliphatic heterocycles. The Hall–Kier alpha value is -2.37. The Kier molecular flexibility index (Phi) is 6.94. The molecule has 0 aliphatic rings. The normalized spacial score (nSPS) is 9.95. The molecule has 2 N–H and O–H groups in total. The molecule has 0 heterocycles.